The van der Waals surface area contributed by atoms with Gasteiger partial charge in [-0.1, -0.05) is 6.08 Å². The molecular formula is C13H21ClN2S. The van der Waals surface area contributed by atoms with Gasteiger partial charge in [-0.2, -0.15) is 11.3 Å². The summed E-state index contributed by atoms with van der Waals surface area (Å²) >= 11 is 1.77. The van der Waals surface area contributed by atoms with Crippen LogP contribution in [0, 0.1) is 0 Å². The van der Waals surface area contributed by atoms with Crippen molar-refractivity contribution < 1.29 is 0 Å². The molecule has 1 fully saturated rings. The van der Waals surface area contributed by atoms with Crippen molar-refractivity contribution in [1.82, 2.24) is 10.2 Å². The summed E-state index contributed by atoms with van der Waals surface area (Å²) in [5, 5.41) is 8.01. The molecule has 0 atom stereocenters. The number of hydrogen-bond donors (Lipinski definition) is 1. The first-order valence-electron chi connectivity index (χ1n) is 5.96. The molecule has 0 unspecified atom stereocenters. The van der Waals surface area contributed by atoms with Crippen LogP contribution in [0.25, 0.3) is 0 Å². The van der Waals surface area contributed by atoms with Crippen LogP contribution < -0.4 is 5.32 Å². The number of likely N-dealkylation sites (tertiary alicyclic amines) is 1. The van der Waals surface area contributed by atoms with Crippen molar-refractivity contribution in [3.05, 3.63) is 35.0 Å². The zero-order valence-corrected chi connectivity index (χ0v) is 11.7. The van der Waals surface area contributed by atoms with Crippen LogP contribution in [0.4, 0.5) is 0 Å². The normalized spacial score (nSPS) is 17.6. The summed E-state index contributed by atoms with van der Waals surface area (Å²) in [6.45, 7) is 8.25. The molecular weight excluding hydrogens is 252 g/mol. The lowest BCUT2D eigenvalue weighted by Crippen LogP contribution is -2.42. The largest absolute Gasteiger partial charge is 0.310 e. The number of thiophene rings is 1. The fourth-order valence-electron chi connectivity index (χ4n) is 2.16. The van der Waals surface area contributed by atoms with Crippen molar-refractivity contribution in [1.29, 1.82) is 0 Å². The Hall–Kier alpha value is -0.350. The molecule has 0 spiro atoms. The van der Waals surface area contributed by atoms with Crippen LogP contribution in [0.1, 0.15) is 18.4 Å². The minimum absolute atomic E-state index is 0. The molecule has 0 bridgehead atoms. The molecule has 0 saturated carbocycles. The van der Waals surface area contributed by atoms with Gasteiger partial charge in [-0.25, -0.2) is 0 Å². The van der Waals surface area contributed by atoms with E-state index in [1.165, 1.54) is 31.5 Å². The number of halogens is 1. The molecule has 2 nitrogen and oxygen atoms in total. The van der Waals surface area contributed by atoms with Crippen molar-refractivity contribution in [2.24, 2.45) is 0 Å². The standard InChI is InChI=1S/C13H20N2S.ClH/c1-2-6-15-7-3-13(4-8-15)14-10-12-5-9-16-11-12;/h2,5,9,11,13-14H,1,3-4,6-8,10H2;1H. The third-order valence-corrected chi connectivity index (χ3v) is 3.88. The van der Waals surface area contributed by atoms with E-state index >= 15 is 0 Å². The first kappa shape index (κ1) is 14.7. The molecule has 4 heteroatoms. The summed E-state index contributed by atoms with van der Waals surface area (Å²) in [7, 11) is 0. The molecule has 1 aliphatic heterocycles. The van der Waals surface area contributed by atoms with Gasteiger partial charge in [-0.05, 0) is 48.3 Å². The van der Waals surface area contributed by atoms with E-state index in [0.29, 0.717) is 6.04 Å². The molecule has 1 N–H and O–H groups in total. The molecule has 0 aromatic carbocycles. The van der Waals surface area contributed by atoms with Crippen molar-refractivity contribution in [3.8, 4) is 0 Å². The molecule has 2 heterocycles. The summed E-state index contributed by atoms with van der Waals surface area (Å²) in [6.07, 6.45) is 4.52. The van der Waals surface area contributed by atoms with Gasteiger partial charge in [0.15, 0.2) is 0 Å². The Morgan fingerprint density at radius 2 is 2.24 bits per heavy atom. The van der Waals surface area contributed by atoms with Gasteiger partial charge in [0, 0.05) is 19.1 Å². The summed E-state index contributed by atoms with van der Waals surface area (Å²) in [5.41, 5.74) is 1.42. The molecule has 0 amide bonds. The Morgan fingerprint density at radius 3 is 2.82 bits per heavy atom. The van der Waals surface area contributed by atoms with Gasteiger partial charge in [0.1, 0.15) is 0 Å². The lowest BCUT2D eigenvalue weighted by atomic mass is 10.0. The zero-order chi connectivity index (χ0) is 11.2. The molecule has 1 saturated heterocycles. The van der Waals surface area contributed by atoms with Gasteiger partial charge in [0.25, 0.3) is 0 Å². The van der Waals surface area contributed by atoms with E-state index in [9.17, 15) is 0 Å². The van der Waals surface area contributed by atoms with Crippen LogP contribution in [0.3, 0.4) is 0 Å². The molecule has 1 aromatic heterocycles. The Balaban J connectivity index is 0.00000144. The number of piperidine rings is 1. The Morgan fingerprint density at radius 1 is 1.47 bits per heavy atom. The maximum Gasteiger partial charge on any atom is 0.0216 e. The lowest BCUT2D eigenvalue weighted by Gasteiger charge is -2.31. The Labute approximate surface area is 114 Å². The second-order valence-electron chi connectivity index (χ2n) is 4.38. The highest BCUT2D eigenvalue weighted by molar-refractivity contribution is 7.07. The average molecular weight is 273 g/mol. The highest BCUT2D eigenvalue weighted by Crippen LogP contribution is 2.12. The average Bonchev–Trinajstić information content (AvgIpc) is 2.82. The topological polar surface area (TPSA) is 15.3 Å². The second kappa shape index (κ2) is 7.88. The van der Waals surface area contributed by atoms with E-state index in [0.717, 1.165) is 13.1 Å². The minimum Gasteiger partial charge on any atom is -0.310 e. The van der Waals surface area contributed by atoms with Gasteiger partial charge in [-0.15, -0.1) is 19.0 Å². The van der Waals surface area contributed by atoms with Crippen LogP contribution in [-0.4, -0.2) is 30.6 Å². The van der Waals surface area contributed by atoms with Gasteiger partial charge in [0.2, 0.25) is 0 Å². The summed E-state index contributed by atoms with van der Waals surface area (Å²) in [5.74, 6) is 0. The fraction of sp³-hybridized carbons (Fsp3) is 0.538. The predicted octanol–water partition coefficient (Wildman–Crippen LogP) is 2.91. The molecule has 2 rings (SSSR count). The quantitative estimate of drug-likeness (QED) is 0.830. The van der Waals surface area contributed by atoms with Crippen LogP contribution in [-0.2, 0) is 6.54 Å². The first-order valence-corrected chi connectivity index (χ1v) is 6.90. The third-order valence-electron chi connectivity index (χ3n) is 3.15. The molecule has 96 valence electrons. The fourth-order valence-corrected chi connectivity index (χ4v) is 2.83. The summed E-state index contributed by atoms with van der Waals surface area (Å²) < 4.78 is 0. The van der Waals surface area contributed by atoms with Gasteiger partial charge in [-0.3, -0.25) is 4.90 Å². The maximum atomic E-state index is 3.79. The van der Waals surface area contributed by atoms with Crippen LogP contribution >= 0.6 is 23.7 Å². The highest BCUT2D eigenvalue weighted by atomic mass is 35.5. The van der Waals surface area contributed by atoms with E-state index in [1.54, 1.807) is 11.3 Å². The lowest BCUT2D eigenvalue weighted by molar-refractivity contribution is 0.214. The Kier molecular flexibility index (Phi) is 6.82. The van der Waals surface area contributed by atoms with E-state index in [2.05, 4.69) is 33.6 Å². The number of rotatable bonds is 5. The molecule has 17 heavy (non-hydrogen) atoms. The molecule has 1 aliphatic rings. The van der Waals surface area contributed by atoms with Crippen molar-refractivity contribution in [2.45, 2.75) is 25.4 Å². The van der Waals surface area contributed by atoms with Crippen LogP contribution in [0.2, 0.25) is 0 Å². The van der Waals surface area contributed by atoms with Crippen LogP contribution in [0.5, 0.6) is 0 Å². The molecule has 1 aromatic rings. The second-order valence-corrected chi connectivity index (χ2v) is 5.16. The number of nitrogens with zero attached hydrogens (tertiary/aromatic N) is 1. The van der Waals surface area contributed by atoms with Crippen molar-refractivity contribution in [2.75, 3.05) is 19.6 Å². The van der Waals surface area contributed by atoms with Crippen molar-refractivity contribution in [3.63, 3.8) is 0 Å². The van der Waals surface area contributed by atoms with Gasteiger partial charge < -0.3 is 5.32 Å². The van der Waals surface area contributed by atoms with Gasteiger partial charge >= 0.3 is 0 Å². The minimum atomic E-state index is 0. The van der Waals surface area contributed by atoms with E-state index < -0.39 is 0 Å². The molecule has 0 radical (unpaired) electrons. The third kappa shape index (κ3) is 4.80. The Bertz CT molecular complexity index is 305. The summed E-state index contributed by atoms with van der Waals surface area (Å²) in [6, 6.07) is 2.89. The van der Waals surface area contributed by atoms with Crippen LogP contribution in [0.15, 0.2) is 29.5 Å². The van der Waals surface area contributed by atoms with E-state index in [4.69, 9.17) is 0 Å². The van der Waals surface area contributed by atoms with E-state index in [-0.39, 0.29) is 12.4 Å². The monoisotopic (exact) mass is 272 g/mol. The highest BCUT2D eigenvalue weighted by Gasteiger charge is 2.17. The summed E-state index contributed by atoms with van der Waals surface area (Å²) in [4.78, 5) is 2.47. The maximum absolute atomic E-state index is 3.79. The first-order chi connectivity index (χ1) is 7.88. The van der Waals surface area contributed by atoms with Gasteiger partial charge in [0.05, 0.1) is 0 Å². The van der Waals surface area contributed by atoms with E-state index in [1.807, 2.05) is 6.08 Å². The zero-order valence-electron chi connectivity index (χ0n) is 10.1. The SMILES string of the molecule is C=CCN1CCC(NCc2ccsc2)CC1.Cl. The van der Waals surface area contributed by atoms with Crippen molar-refractivity contribution >= 4 is 23.7 Å². The molecule has 0 aliphatic carbocycles. The number of nitrogens with one attached hydrogen (secondary N) is 1. The smallest absolute Gasteiger partial charge is 0.0216 e. The predicted molar refractivity (Wildman–Crippen MR) is 78.1 cm³/mol. The number of hydrogen-bond acceptors (Lipinski definition) is 3.